The molecule has 0 aliphatic carbocycles. The van der Waals surface area contributed by atoms with Crippen LogP contribution >= 0.6 is 24.0 Å². The van der Waals surface area contributed by atoms with Crippen molar-refractivity contribution in [2.45, 2.75) is 46.5 Å². The highest BCUT2D eigenvalue weighted by molar-refractivity contribution is 14.0. The molecule has 0 saturated carbocycles. The quantitative estimate of drug-likeness (QED) is 0.240. The minimum atomic E-state index is -2.94. The molecular formula is C18H28F2IN3O4. The van der Waals surface area contributed by atoms with E-state index in [-0.39, 0.29) is 42.8 Å². The molecule has 0 unspecified atom stereocenters. The first-order valence-corrected chi connectivity index (χ1v) is 8.50. The molecule has 0 saturated heterocycles. The van der Waals surface area contributed by atoms with Crippen LogP contribution in [-0.2, 0) is 16.1 Å². The van der Waals surface area contributed by atoms with E-state index in [1.165, 1.54) is 19.2 Å². The number of hydrogen-bond acceptors (Lipinski definition) is 5. The summed E-state index contributed by atoms with van der Waals surface area (Å²) in [6.45, 7) is 4.76. The highest BCUT2D eigenvalue weighted by atomic mass is 127. The van der Waals surface area contributed by atoms with Crippen molar-refractivity contribution in [3.05, 3.63) is 23.8 Å². The second-order valence-corrected chi connectivity index (χ2v) is 6.49. The van der Waals surface area contributed by atoms with E-state index in [1.54, 1.807) is 26.8 Å². The van der Waals surface area contributed by atoms with Gasteiger partial charge in [0, 0.05) is 12.1 Å². The van der Waals surface area contributed by atoms with E-state index in [0.717, 1.165) is 0 Å². The summed E-state index contributed by atoms with van der Waals surface area (Å²) in [5.41, 5.74) is -0.166. The number of rotatable bonds is 8. The number of carbonyl (C=O) groups excluding carboxylic acids is 1. The van der Waals surface area contributed by atoms with Gasteiger partial charge in [0.2, 0.25) is 0 Å². The van der Waals surface area contributed by atoms with Crippen LogP contribution < -0.4 is 20.1 Å². The van der Waals surface area contributed by atoms with E-state index < -0.39 is 18.2 Å². The van der Waals surface area contributed by atoms with Crippen molar-refractivity contribution >= 4 is 35.9 Å². The van der Waals surface area contributed by atoms with Crippen molar-refractivity contribution in [3.8, 4) is 11.5 Å². The Morgan fingerprint density at radius 3 is 2.46 bits per heavy atom. The van der Waals surface area contributed by atoms with Crippen LogP contribution in [0.15, 0.2) is 23.2 Å². The number of ether oxygens (including phenoxy) is 3. The van der Waals surface area contributed by atoms with Gasteiger partial charge in [0.05, 0.1) is 13.7 Å². The molecule has 1 rings (SSSR count). The van der Waals surface area contributed by atoms with Crippen LogP contribution in [0, 0.1) is 0 Å². The maximum Gasteiger partial charge on any atom is 0.387 e. The Balaban J connectivity index is 0.00000729. The number of benzene rings is 1. The SMILES string of the molecule is CCNC(=NCc1cc(OC)ccc1OC(F)F)NCC(=O)OC(C)(C)C.I. The van der Waals surface area contributed by atoms with Crippen LogP contribution in [0.25, 0.3) is 0 Å². The molecule has 2 N–H and O–H groups in total. The predicted molar refractivity (Wildman–Crippen MR) is 114 cm³/mol. The Bertz CT molecular complexity index is 652. The van der Waals surface area contributed by atoms with Crippen LogP contribution in [0.1, 0.15) is 33.3 Å². The van der Waals surface area contributed by atoms with Crippen molar-refractivity contribution in [2.24, 2.45) is 4.99 Å². The second-order valence-electron chi connectivity index (χ2n) is 6.49. The summed E-state index contributed by atoms with van der Waals surface area (Å²) in [6, 6.07) is 4.49. The summed E-state index contributed by atoms with van der Waals surface area (Å²) in [6.07, 6.45) is 0. The van der Waals surface area contributed by atoms with Crippen LogP contribution in [0.4, 0.5) is 8.78 Å². The molecule has 1 aromatic rings. The number of hydrogen-bond donors (Lipinski definition) is 2. The fourth-order valence-corrected chi connectivity index (χ4v) is 2.06. The molecule has 0 aliphatic rings. The van der Waals surface area contributed by atoms with Gasteiger partial charge < -0.3 is 24.8 Å². The molecule has 0 atom stereocenters. The summed E-state index contributed by atoms with van der Waals surface area (Å²) in [7, 11) is 1.47. The smallest absolute Gasteiger partial charge is 0.387 e. The lowest BCUT2D eigenvalue weighted by Crippen LogP contribution is -2.41. The predicted octanol–water partition coefficient (Wildman–Crippen LogP) is 3.31. The summed E-state index contributed by atoms with van der Waals surface area (Å²) in [5.74, 6) is 0.413. The van der Waals surface area contributed by atoms with Crippen molar-refractivity contribution in [1.82, 2.24) is 10.6 Å². The maximum absolute atomic E-state index is 12.6. The summed E-state index contributed by atoms with van der Waals surface area (Å²) in [5, 5.41) is 5.82. The maximum atomic E-state index is 12.6. The van der Waals surface area contributed by atoms with E-state index in [0.29, 0.717) is 23.8 Å². The normalized spacial score (nSPS) is 11.5. The molecule has 0 radical (unpaired) electrons. The zero-order valence-corrected chi connectivity index (χ0v) is 19.0. The molecule has 0 aromatic heterocycles. The number of nitrogens with one attached hydrogen (secondary N) is 2. The number of esters is 1. The monoisotopic (exact) mass is 515 g/mol. The topological polar surface area (TPSA) is 81.2 Å². The van der Waals surface area contributed by atoms with Gasteiger partial charge in [-0.05, 0) is 45.9 Å². The second kappa shape index (κ2) is 12.6. The van der Waals surface area contributed by atoms with Gasteiger partial charge in [-0.3, -0.25) is 4.79 Å². The molecule has 0 spiro atoms. The Kier molecular flexibility index (Phi) is 11.7. The van der Waals surface area contributed by atoms with Gasteiger partial charge in [0.1, 0.15) is 23.6 Å². The van der Waals surface area contributed by atoms with Gasteiger partial charge in [-0.15, -0.1) is 24.0 Å². The number of guanidine groups is 1. The third-order valence-corrected chi connectivity index (χ3v) is 3.06. The minimum absolute atomic E-state index is 0. The zero-order valence-electron chi connectivity index (χ0n) is 16.7. The number of halogens is 3. The van der Waals surface area contributed by atoms with Gasteiger partial charge in [0.25, 0.3) is 0 Å². The summed E-state index contributed by atoms with van der Waals surface area (Å²) >= 11 is 0. The van der Waals surface area contributed by atoms with Crippen molar-refractivity contribution in [3.63, 3.8) is 0 Å². The first-order chi connectivity index (χ1) is 12.6. The number of aliphatic imine (C=N–C) groups is 1. The standard InChI is InChI=1S/C18H27F2N3O4.HI/c1-6-21-17(23-11-15(24)27-18(2,3)4)22-10-12-9-13(25-5)7-8-14(12)26-16(19)20;/h7-9,16H,6,10-11H2,1-5H3,(H2,21,22,23);1H. The molecule has 7 nitrogen and oxygen atoms in total. The summed E-state index contributed by atoms with van der Waals surface area (Å²) in [4.78, 5) is 16.1. The lowest BCUT2D eigenvalue weighted by atomic mass is 10.2. The fourth-order valence-electron chi connectivity index (χ4n) is 2.06. The van der Waals surface area contributed by atoms with E-state index in [9.17, 15) is 13.6 Å². The fraction of sp³-hybridized carbons (Fsp3) is 0.556. The number of nitrogens with zero attached hydrogens (tertiary/aromatic N) is 1. The first-order valence-electron chi connectivity index (χ1n) is 8.50. The van der Waals surface area contributed by atoms with Crippen LogP contribution in [0.5, 0.6) is 11.5 Å². The van der Waals surface area contributed by atoms with Crippen LogP contribution in [0.3, 0.4) is 0 Å². The van der Waals surface area contributed by atoms with Gasteiger partial charge in [-0.25, -0.2) is 4.99 Å². The van der Waals surface area contributed by atoms with Gasteiger partial charge in [-0.2, -0.15) is 8.78 Å². The number of methoxy groups -OCH3 is 1. The molecule has 160 valence electrons. The minimum Gasteiger partial charge on any atom is -0.497 e. The molecule has 0 fully saturated rings. The Morgan fingerprint density at radius 2 is 1.93 bits per heavy atom. The Morgan fingerprint density at radius 1 is 1.25 bits per heavy atom. The largest absolute Gasteiger partial charge is 0.497 e. The van der Waals surface area contributed by atoms with E-state index >= 15 is 0 Å². The van der Waals surface area contributed by atoms with E-state index in [1.807, 2.05) is 6.92 Å². The lowest BCUT2D eigenvalue weighted by molar-refractivity contribution is -0.153. The average Bonchev–Trinajstić information content (AvgIpc) is 2.56. The Labute approximate surface area is 181 Å². The molecule has 1 aromatic carbocycles. The molecular weight excluding hydrogens is 487 g/mol. The first kappa shape index (κ1) is 26.1. The molecule has 10 heteroatoms. The van der Waals surface area contributed by atoms with Crippen molar-refractivity contribution in [2.75, 3.05) is 20.2 Å². The van der Waals surface area contributed by atoms with E-state index in [4.69, 9.17) is 9.47 Å². The third kappa shape index (κ3) is 10.5. The number of alkyl halides is 2. The molecule has 28 heavy (non-hydrogen) atoms. The van der Waals surface area contributed by atoms with Gasteiger partial charge in [0.15, 0.2) is 5.96 Å². The molecule has 0 amide bonds. The van der Waals surface area contributed by atoms with E-state index in [2.05, 4.69) is 20.4 Å². The Hall–Kier alpha value is -1.85. The highest BCUT2D eigenvalue weighted by Crippen LogP contribution is 2.26. The number of carbonyl (C=O) groups is 1. The molecule has 0 aliphatic heterocycles. The van der Waals surface area contributed by atoms with Crippen LogP contribution in [-0.4, -0.2) is 44.3 Å². The van der Waals surface area contributed by atoms with Crippen molar-refractivity contribution in [1.29, 1.82) is 0 Å². The molecule has 0 bridgehead atoms. The van der Waals surface area contributed by atoms with Crippen molar-refractivity contribution < 1.29 is 27.8 Å². The van der Waals surface area contributed by atoms with Gasteiger partial charge in [-0.1, -0.05) is 0 Å². The molecule has 0 heterocycles. The zero-order chi connectivity index (χ0) is 20.4. The van der Waals surface area contributed by atoms with Gasteiger partial charge >= 0.3 is 12.6 Å². The highest BCUT2D eigenvalue weighted by Gasteiger charge is 2.16. The third-order valence-electron chi connectivity index (χ3n) is 3.06. The average molecular weight is 515 g/mol. The van der Waals surface area contributed by atoms with Crippen LogP contribution in [0.2, 0.25) is 0 Å². The summed E-state index contributed by atoms with van der Waals surface area (Å²) < 4.78 is 40.0. The lowest BCUT2D eigenvalue weighted by Gasteiger charge is -2.20.